The van der Waals surface area contributed by atoms with E-state index in [2.05, 4.69) is 5.32 Å². The Balaban J connectivity index is 1.70. The van der Waals surface area contributed by atoms with Gasteiger partial charge in [-0.05, 0) is 51.6 Å². The molecule has 2 fully saturated rings. The van der Waals surface area contributed by atoms with Gasteiger partial charge in [0.15, 0.2) is 0 Å². The maximum atomic E-state index is 12.5. The lowest BCUT2D eigenvalue weighted by Crippen LogP contribution is -2.41. The van der Waals surface area contributed by atoms with Crippen molar-refractivity contribution in [2.75, 3.05) is 0 Å². The predicted octanol–water partition coefficient (Wildman–Crippen LogP) is 2.98. The van der Waals surface area contributed by atoms with Crippen molar-refractivity contribution in [2.24, 2.45) is 0 Å². The first-order valence-corrected chi connectivity index (χ1v) is 9.51. The fraction of sp³-hybridized carbons (Fsp3) is 0.650. The van der Waals surface area contributed by atoms with Gasteiger partial charge in [-0.3, -0.25) is 4.79 Å². The molecule has 1 N–H and O–H groups in total. The molecule has 0 atom stereocenters. The third kappa shape index (κ3) is 4.09. The van der Waals surface area contributed by atoms with Crippen LogP contribution in [0.2, 0.25) is 0 Å². The van der Waals surface area contributed by atoms with E-state index < -0.39 is 7.12 Å². The predicted molar refractivity (Wildman–Crippen MR) is 101 cm³/mol. The first kappa shape index (κ1) is 18.5. The van der Waals surface area contributed by atoms with Crippen LogP contribution in [0.5, 0.6) is 0 Å². The van der Waals surface area contributed by atoms with E-state index in [1.165, 1.54) is 19.3 Å². The number of amides is 1. The summed E-state index contributed by atoms with van der Waals surface area (Å²) < 4.78 is 12.3. The molecule has 1 heterocycles. The van der Waals surface area contributed by atoms with Crippen LogP contribution in [0.4, 0.5) is 0 Å². The highest BCUT2D eigenvalue weighted by Crippen LogP contribution is 2.36. The van der Waals surface area contributed by atoms with E-state index in [0.717, 1.165) is 23.9 Å². The minimum atomic E-state index is -0.427. The highest BCUT2D eigenvalue weighted by molar-refractivity contribution is 6.62. The van der Waals surface area contributed by atoms with Crippen molar-refractivity contribution in [1.29, 1.82) is 0 Å². The fourth-order valence-corrected chi connectivity index (χ4v) is 3.59. The Bertz CT molecular complexity index is 607. The highest BCUT2D eigenvalue weighted by atomic mass is 16.7. The second-order valence-electron chi connectivity index (χ2n) is 8.37. The van der Waals surface area contributed by atoms with Crippen molar-refractivity contribution in [2.45, 2.75) is 83.5 Å². The molecule has 1 aromatic carbocycles. The van der Waals surface area contributed by atoms with E-state index in [4.69, 9.17) is 9.31 Å². The van der Waals surface area contributed by atoms with Crippen LogP contribution >= 0.6 is 0 Å². The van der Waals surface area contributed by atoms with Crippen molar-refractivity contribution in [3.05, 3.63) is 29.8 Å². The molecule has 0 aromatic heterocycles. The Morgan fingerprint density at radius 2 is 1.68 bits per heavy atom. The van der Waals surface area contributed by atoms with Crippen LogP contribution < -0.4 is 10.8 Å². The van der Waals surface area contributed by atoms with E-state index in [0.29, 0.717) is 12.5 Å². The SMILES string of the molecule is CC1(C)OB(c2ccccc2CC(=O)NC2CCCCC2)OC1(C)C. The second-order valence-corrected chi connectivity index (χ2v) is 8.37. The Labute approximate surface area is 151 Å². The normalized spacial score (nSPS) is 22.8. The molecule has 0 spiro atoms. The van der Waals surface area contributed by atoms with Crippen molar-refractivity contribution in [1.82, 2.24) is 5.32 Å². The first-order chi connectivity index (χ1) is 11.8. The van der Waals surface area contributed by atoms with Gasteiger partial charge in [0, 0.05) is 6.04 Å². The zero-order valence-electron chi connectivity index (χ0n) is 15.9. The van der Waals surface area contributed by atoms with Crippen molar-refractivity contribution >= 4 is 18.5 Å². The molecule has 0 bridgehead atoms. The Morgan fingerprint density at radius 3 is 2.32 bits per heavy atom. The summed E-state index contributed by atoms with van der Waals surface area (Å²) in [5.41, 5.74) is 1.18. The van der Waals surface area contributed by atoms with Gasteiger partial charge in [0.25, 0.3) is 0 Å². The van der Waals surface area contributed by atoms with Gasteiger partial charge in [0.2, 0.25) is 5.91 Å². The molecule has 0 radical (unpaired) electrons. The lowest BCUT2D eigenvalue weighted by molar-refractivity contribution is -0.121. The summed E-state index contributed by atoms with van der Waals surface area (Å²) in [4.78, 5) is 12.5. The lowest BCUT2D eigenvalue weighted by Gasteiger charge is -2.32. The summed E-state index contributed by atoms with van der Waals surface area (Å²) in [6, 6.07) is 8.29. The minimum absolute atomic E-state index is 0.0934. The molecule has 2 aliphatic rings. The van der Waals surface area contributed by atoms with Gasteiger partial charge >= 0.3 is 7.12 Å². The molecule has 5 heteroatoms. The molecule has 0 unspecified atom stereocenters. The van der Waals surface area contributed by atoms with Crippen LogP contribution in [0.25, 0.3) is 0 Å². The molecule has 3 rings (SSSR count). The van der Waals surface area contributed by atoms with E-state index in [1.807, 2.05) is 52.0 Å². The van der Waals surface area contributed by atoms with Gasteiger partial charge in [-0.25, -0.2) is 0 Å². The molecule has 1 saturated heterocycles. The lowest BCUT2D eigenvalue weighted by atomic mass is 9.75. The second kappa shape index (κ2) is 7.12. The van der Waals surface area contributed by atoms with Gasteiger partial charge in [-0.1, -0.05) is 43.5 Å². The van der Waals surface area contributed by atoms with Crippen molar-refractivity contribution in [3.8, 4) is 0 Å². The largest absolute Gasteiger partial charge is 0.495 e. The number of carbonyl (C=O) groups is 1. The zero-order chi connectivity index (χ0) is 18.1. The van der Waals surface area contributed by atoms with Crippen LogP contribution in [-0.2, 0) is 20.5 Å². The minimum Gasteiger partial charge on any atom is -0.399 e. The summed E-state index contributed by atoms with van der Waals surface area (Å²) in [7, 11) is -0.427. The topological polar surface area (TPSA) is 47.6 Å². The van der Waals surface area contributed by atoms with Gasteiger partial charge in [0.1, 0.15) is 0 Å². The summed E-state index contributed by atoms with van der Waals surface area (Å²) in [5, 5.41) is 3.20. The standard InChI is InChI=1S/C20H30BNO3/c1-19(2)20(3,4)25-21(24-19)17-13-9-8-10-15(17)14-18(23)22-16-11-6-5-7-12-16/h8-10,13,16H,5-7,11-12,14H2,1-4H3,(H,22,23). The highest BCUT2D eigenvalue weighted by Gasteiger charge is 2.52. The summed E-state index contributed by atoms with van der Waals surface area (Å²) in [6.45, 7) is 8.19. The molecular formula is C20H30BNO3. The average Bonchev–Trinajstić information content (AvgIpc) is 2.76. The summed E-state index contributed by atoms with van der Waals surface area (Å²) in [6.07, 6.45) is 6.30. The van der Waals surface area contributed by atoms with E-state index in [-0.39, 0.29) is 17.1 Å². The summed E-state index contributed by atoms with van der Waals surface area (Å²) >= 11 is 0. The quantitative estimate of drug-likeness (QED) is 0.855. The van der Waals surface area contributed by atoms with Crippen LogP contribution in [-0.4, -0.2) is 30.3 Å². The Hall–Kier alpha value is -1.33. The molecule has 1 saturated carbocycles. The molecule has 1 amide bonds. The van der Waals surface area contributed by atoms with Gasteiger partial charge in [0.05, 0.1) is 17.6 Å². The first-order valence-electron chi connectivity index (χ1n) is 9.51. The molecule has 4 nitrogen and oxygen atoms in total. The third-order valence-corrected chi connectivity index (χ3v) is 5.88. The molecule has 136 valence electrons. The number of hydrogen-bond acceptors (Lipinski definition) is 3. The van der Waals surface area contributed by atoms with Crippen molar-refractivity contribution < 1.29 is 14.1 Å². The zero-order valence-corrected chi connectivity index (χ0v) is 15.9. The Morgan fingerprint density at radius 1 is 1.08 bits per heavy atom. The number of carbonyl (C=O) groups excluding carboxylic acids is 1. The molecule has 1 aliphatic carbocycles. The van der Waals surface area contributed by atoms with Crippen LogP contribution in [0.3, 0.4) is 0 Å². The number of hydrogen-bond donors (Lipinski definition) is 1. The van der Waals surface area contributed by atoms with Gasteiger partial charge in [-0.15, -0.1) is 0 Å². The van der Waals surface area contributed by atoms with Gasteiger partial charge < -0.3 is 14.6 Å². The maximum Gasteiger partial charge on any atom is 0.495 e. The summed E-state index contributed by atoms with van der Waals surface area (Å²) in [5.74, 6) is 0.0934. The Kier molecular flexibility index (Phi) is 5.26. The van der Waals surface area contributed by atoms with Crippen LogP contribution in [0.1, 0.15) is 65.4 Å². The number of rotatable bonds is 4. The van der Waals surface area contributed by atoms with Crippen molar-refractivity contribution in [3.63, 3.8) is 0 Å². The van der Waals surface area contributed by atoms with Gasteiger partial charge in [-0.2, -0.15) is 0 Å². The average molecular weight is 343 g/mol. The number of nitrogens with one attached hydrogen (secondary N) is 1. The van der Waals surface area contributed by atoms with Crippen LogP contribution in [0, 0.1) is 0 Å². The van der Waals surface area contributed by atoms with E-state index >= 15 is 0 Å². The number of benzene rings is 1. The third-order valence-electron chi connectivity index (χ3n) is 5.88. The van der Waals surface area contributed by atoms with E-state index in [1.54, 1.807) is 0 Å². The van der Waals surface area contributed by atoms with E-state index in [9.17, 15) is 4.79 Å². The molecule has 1 aliphatic heterocycles. The smallest absolute Gasteiger partial charge is 0.399 e. The monoisotopic (exact) mass is 343 g/mol. The fourth-order valence-electron chi connectivity index (χ4n) is 3.59. The molecular weight excluding hydrogens is 313 g/mol. The van der Waals surface area contributed by atoms with Crippen LogP contribution in [0.15, 0.2) is 24.3 Å². The molecule has 1 aromatic rings. The maximum absolute atomic E-state index is 12.5. The molecule has 25 heavy (non-hydrogen) atoms.